The molecule has 8 heteroatoms. The van der Waals surface area contributed by atoms with E-state index < -0.39 is 0 Å². The van der Waals surface area contributed by atoms with Crippen molar-refractivity contribution < 1.29 is 4.79 Å². The molecule has 164 valence electrons. The largest absolute Gasteiger partial charge is 0.310 e. The van der Waals surface area contributed by atoms with Gasteiger partial charge in [0.15, 0.2) is 11.5 Å². The van der Waals surface area contributed by atoms with Gasteiger partial charge < -0.3 is 5.32 Å². The summed E-state index contributed by atoms with van der Waals surface area (Å²) in [6, 6.07) is 8.12. The first kappa shape index (κ1) is 20.4. The Labute approximate surface area is 186 Å². The van der Waals surface area contributed by atoms with E-state index >= 15 is 0 Å². The van der Waals surface area contributed by atoms with Gasteiger partial charge in [-0.1, -0.05) is 37.0 Å². The van der Waals surface area contributed by atoms with E-state index in [1.807, 2.05) is 23.7 Å². The van der Waals surface area contributed by atoms with Crippen LogP contribution in [0.3, 0.4) is 0 Å². The summed E-state index contributed by atoms with van der Waals surface area (Å²) in [7, 11) is 0. The highest BCUT2D eigenvalue weighted by atomic mass is 16.2. The summed E-state index contributed by atoms with van der Waals surface area (Å²) in [5.41, 5.74) is 4.78. The number of nitrogens with one attached hydrogen (secondary N) is 1. The number of fused-ring (bicyclic) bond motifs is 1. The monoisotopic (exact) mass is 429 g/mol. The Balaban J connectivity index is 1.54. The molecular formula is C24H27N7O. The Kier molecular flexibility index (Phi) is 5.20. The van der Waals surface area contributed by atoms with Crippen molar-refractivity contribution in [3.63, 3.8) is 0 Å². The number of aryl methyl sites for hydroxylation is 3. The third-order valence-electron chi connectivity index (χ3n) is 6.18. The number of rotatable bonds is 4. The number of hydrogen-bond donors (Lipinski definition) is 1. The zero-order valence-corrected chi connectivity index (χ0v) is 18.7. The molecular weight excluding hydrogens is 402 g/mol. The molecule has 1 amide bonds. The first-order valence-corrected chi connectivity index (χ1v) is 11.2. The van der Waals surface area contributed by atoms with Gasteiger partial charge in [-0.3, -0.25) is 4.79 Å². The second kappa shape index (κ2) is 8.18. The number of anilines is 1. The van der Waals surface area contributed by atoms with Gasteiger partial charge in [-0.05, 0) is 45.2 Å². The molecule has 0 saturated heterocycles. The average molecular weight is 430 g/mol. The van der Waals surface area contributed by atoms with Crippen LogP contribution in [0.1, 0.15) is 48.9 Å². The van der Waals surface area contributed by atoms with Gasteiger partial charge in [0, 0.05) is 12.0 Å². The van der Waals surface area contributed by atoms with E-state index in [0.717, 1.165) is 48.0 Å². The summed E-state index contributed by atoms with van der Waals surface area (Å²) in [5, 5.41) is 13.1. The molecule has 1 saturated carbocycles. The lowest BCUT2D eigenvalue weighted by atomic mass is 9.89. The molecule has 1 fully saturated rings. The van der Waals surface area contributed by atoms with E-state index in [1.54, 1.807) is 10.9 Å². The van der Waals surface area contributed by atoms with Crippen molar-refractivity contribution in [3.05, 3.63) is 53.6 Å². The highest BCUT2D eigenvalue weighted by molar-refractivity contribution is 5.93. The Morgan fingerprint density at radius 1 is 1.03 bits per heavy atom. The number of carbonyl (C=O) groups is 1. The van der Waals surface area contributed by atoms with Crippen LogP contribution >= 0.6 is 0 Å². The summed E-state index contributed by atoms with van der Waals surface area (Å²) in [5.74, 6) is 1.34. The minimum atomic E-state index is 0.0575. The van der Waals surface area contributed by atoms with Gasteiger partial charge in [0.05, 0.1) is 23.0 Å². The second-order valence-corrected chi connectivity index (χ2v) is 8.69. The zero-order chi connectivity index (χ0) is 22.2. The Morgan fingerprint density at radius 3 is 2.62 bits per heavy atom. The van der Waals surface area contributed by atoms with Crippen LogP contribution in [0.15, 0.2) is 36.8 Å². The van der Waals surface area contributed by atoms with Crippen molar-refractivity contribution in [1.82, 2.24) is 29.5 Å². The SMILES string of the molecule is Cc1ccc(-n2ncc3c(-n4nc(C)cc4NC(=O)C4CCCCC4)ncnc32)c(C)c1. The maximum Gasteiger partial charge on any atom is 0.228 e. The van der Waals surface area contributed by atoms with Gasteiger partial charge >= 0.3 is 0 Å². The quantitative estimate of drug-likeness (QED) is 0.518. The summed E-state index contributed by atoms with van der Waals surface area (Å²) < 4.78 is 3.51. The van der Waals surface area contributed by atoms with Gasteiger partial charge in [-0.15, -0.1) is 0 Å². The predicted octanol–water partition coefficient (Wildman–Crippen LogP) is 4.45. The molecule has 8 nitrogen and oxygen atoms in total. The molecule has 0 unspecified atom stereocenters. The molecule has 32 heavy (non-hydrogen) atoms. The summed E-state index contributed by atoms with van der Waals surface area (Å²) in [6.45, 7) is 6.04. The van der Waals surface area contributed by atoms with Crippen molar-refractivity contribution >= 4 is 22.8 Å². The first-order valence-electron chi connectivity index (χ1n) is 11.2. The molecule has 0 spiro atoms. The lowest BCUT2D eigenvalue weighted by Gasteiger charge is -2.20. The molecule has 5 rings (SSSR count). The summed E-state index contributed by atoms with van der Waals surface area (Å²) in [4.78, 5) is 21.9. The van der Waals surface area contributed by atoms with Crippen molar-refractivity contribution in [1.29, 1.82) is 0 Å². The minimum Gasteiger partial charge on any atom is -0.310 e. The number of amides is 1. The zero-order valence-electron chi connectivity index (χ0n) is 18.7. The van der Waals surface area contributed by atoms with Crippen LogP contribution in [0.25, 0.3) is 22.5 Å². The normalized spacial score (nSPS) is 14.7. The molecule has 1 aliphatic rings. The van der Waals surface area contributed by atoms with E-state index in [4.69, 9.17) is 0 Å². The van der Waals surface area contributed by atoms with Gasteiger partial charge in [-0.25, -0.2) is 14.6 Å². The van der Waals surface area contributed by atoms with Gasteiger partial charge in [-0.2, -0.15) is 14.9 Å². The van der Waals surface area contributed by atoms with Gasteiger partial charge in [0.2, 0.25) is 5.91 Å². The Morgan fingerprint density at radius 2 is 1.84 bits per heavy atom. The maximum atomic E-state index is 12.9. The first-order chi connectivity index (χ1) is 15.5. The molecule has 0 bridgehead atoms. The summed E-state index contributed by atoms with van der Waals surface area (Å²) in [6.07, 6.45) is 8.60. The van der Waals surface area contributed by atoms with Crippen molar-refractivity contribution in [2.24, 2.45) is 5.92 Å². The number of hydrogen-bond acceptors (Lipinski definition) is 5. The highest BCUT2D eigenvalue weighted by Crippen LogP contribution is 2.28. The van der Waals surface area contributed by atoms with Crippen LogP contribution in [0.2, 0.25) is 0 Å². The van der Waals surface area contributed by atoms with Crippen LogP contribution < -0.4 is 5.32 Å². The number of aromatic nitrogens is 6. The number of carbonyl (C=O) groups excluding carboxylic acids is 1. The molecule has 1 aliphatic carbocycles. The molecule has 3 aromatic heterocycles. The molecule has 0 radical (unpaired) electrons. The lowest BCUT2D eigenvalue weighted by Crippen LogP contribution is -2.26. The van der Waals surface area contributed by atoms with E-state index in [-0.39, 0.29) is 11.8 Å². The molecule has 0 aliphatic heterocycles. The van der Waals surface area contributed by atoms with Crippen LogP contribution in [0, 0.1) is 26.7 Å². The van der Waals surface area contributed by atoms with Crippen LogP contribution in [0.4, 0.5) is 5.82 Å². The smallest absolute Gasteiger partial charge is 0.228 e. The molecule has 3 heterocycles. The second-order valence-electron chi connectivity index (χ2n) is 8.69. The average Bonchev–Trinajstić information content (AvgIpc) is 3.37. The van der Waals surface area contributed by atoms with Crippen LogP contribution in [-0.4, -0.2) is 35.4 Å². The number of benzene rings is 1. The van der Waals surface area contributed by atoms with Crippen LogP contribution in [0.5, 0.6) is 0 Å². The third-order valence-corrected chi connectivity index (χ3v) is 6.18. The Hall–Kier alpha value is -3.55. The number of nitrogens with zero attached hydrogens (tertiary/aromatic N) is 6. The van der Waals surface area contributed by atoms with Crippen molar-refractivity contribution in [2.45, 2.75) is 52.9 Å². The fourth-order valence-corrected chi connectivity index (χ4v) is 4.56. The van der Waals surface area contributed by atoms with E-state index in [0.29, 0.717) is 17.3 Å². The van der Waals surface area contributed by atoms with Gasteiger partial charge in [0.25, 0.3) is 0 Å². The van der Waals surface area contributed by atoms with Crippen molar-refractivity contribution in [3.8, 4) is 11.5 Å². The fraction of sp³-hybridized carbons (Fsp3) is 0.375. The lowest BCUT2D eigenvalue weighted by molar-refractivity contribution is -0.120. The van der Waals surface area contributed by atoms with E-state index in [2.05, 4.69) is 51.5 Å². The molecule has 1 aromatic carbocycles. The minimum absolute atomic E-state index is 0.0575. The topological polar surface area (TPSA) is 90.5 Å². The van der Waals surface area contributed by atoms with Crippen LogP contribution in [-0.2, 0) is 4.79 Å². The Bertz CT molecular complexity index is 1300. The molecule has 0 atom stereocenters. The maximum absolute atomic E-state index is 12.9. The van der Waals surface area contributed by atoms with E-state index in [9.17, 15) is 4.79 Å². The fourth-order valence-electron chi connectivity index (χ4n) is 4.56. The summed E-state index contributed by atoms with van der Waals surface area (Å²) >= 11 is 0. The van der Waals surface area contributed by atoms with Crippen molar-refractivity contribution in [2.75, 3.05) is 5.32 Å². The third kappa shape index (κ3) is 3.66. The van der Waals surface area contributed by atoms with E-state index in [1.165, 1.54) is 18.3 Å². The molecule has 4 aromatic rings. The van der Waals surface area contributed by atoms with Gasteiger partial charge in [0.1, 0.15) is 12.1 Å². The predicted molar refractivity (Wildman–Crippen MR) is 123 cm³/mol. The molecule has 1 N–H and O–H groups in total. The standard InChI is InChI=1S/C24H27N7O/c1-15-9-10-20(16(2)11-15)30-22-19(13-27-30)23(26-14-25-22)31-21(12-17(3)29-31)28-24(32)18-7-5-4-6-8-18/h9-14,18H,4-8H2,1-3H3,(H,28,32). The highest BCUT2D eigenvalue weighted by Gasteiger charge is 2.23.